The number of likely N-dealkylation sites (tertiary alicyclic amines) is 1. The first kappa shape index (κ1) is 16.6. The molecule has 2 rings (SSSR count). The van der Waals surface area contributed by atoms with Crippen LogP contribution in [0, 0.1) is 4.91 Å². The van der Waals surface area contributed by atoms with Gasteiger partial charge in [-0.3, -0.25) is 9.69 Å². The molecule has 1 heterocycles. The molecule has 1 aliphatic heterocycles. The van der Waals surface area contributed by atoms with Gasteiger partial charge in [0.1, 0.15) is 18.3 Å². The standard InChI is InChI=1S/C17H24N2O3/c1-3-13(2)19-11-5-4-6-16(19)17(20)22-12-14-7-9-15(18-21)10-8-14/h7-10,13,16H,3-6,11-12H2,1-2H3. The highest BCUT2D eigenvalue weighted by atomic mass is 16.5. The van der Waals surface area contributed by atoms with Gasteiger partial charge in [0.05, 0.1) is 0 Å². The number of ether oxygens (including phenoxy) is 1. The van der Waals surface area contributed by atoms with E-state index in [1.54, 1.807) is 24.3 Å². The molecule has 1 aliphatic rings. The van der Waals surface area contributed by atoms with Crippen LogP contribution in [0.4, 0.5) is 5.69 Å². The van der Waals surface area contributed by atoms with Crippen molar-refractivity contribution < 1.29 is 9.53 Å². The summed E-state index contributed by atoms with van der Waals surface area (Å²) in [7, 11) is 0. The van der Waals surface area contributed by atoms with E-state index in [2.05, 4.69) is 23.9 Å². The number of nitrogens with zero attached hydrogens (tertiary/aromatic N) is 2. The van der Waals surface area contributed by atoms with Crippen molar-refractivity contribution in [3.8, 4) is 0 Å². The van der Waals surface area contributed by atoms with Crippen molar-refractivity contribution in [3.05, 3.63) is 34.7 Å². The predicted molar refractivity (Wildman–Crippen MR) is 85.8 cm³/mol. The van der Waals surface area contributed by atoms with E-state index < -0.39 is 0 Å². The van der Waals surface area contributed by atoms with Gasteiger partial charge in [-0.1, -0.05) is 25.5 Å². The number of piperidine rings is 1. The molecule has 0 radical (unpaired) electrons. The monoisotopic (exact) mass is 304 g/mol. The van der Waals surface area contributed by atoms with E-state index in [9.17, 15) is 9.70 Å². The van der Waals surface area contributed by atoms with Crippen molar-refractivity contribution in [1.29, 1.82) is 0 Å². The normalized spacial score (nSPS) is 20.4. The number of hydrogen-bond donors (Lipinski definition) is 0. The number of carbonyl (C=O) groups excluding carboxylic acids is 1. The third kappa shape index (κ3) is 4.13. The van der Waals surface area contributed by atoms with Crippen molar-refractivity contribution in [1.82, 2.24) is 4.90 Å². The average molecular weight is 304 g/mol. The number of rotatable bonds is 6. The zero-order valence-electron chi connectivity index (χ0n) is 13.3. The van der Waals surface area contributed by atoms with Crippen LogP contribution in [0.25, 0.3) is 0 Å². The molecule has 5 nitrogen and oxygen atoms in total. The van der Waals surface area contributed by atoms with E-state index in [0.717, 1.165) is 37.8 Å². The van der Waals surface area contributed by atoms with Crippen molar-refractivity contribution in [3.63, 3.8) is 0 Å². The minimum atomic E-state index is -0.141. The molecule has 1 fully saturated rings. The van der Waals surface area contributed by atoms with Gasteiger partial charge in [-0.2, -0.15) is 0 Å². The maximum Gasteiger partial charge on any atom is 0.323 e. The lowest BCUT2D eigenvalue weighted by molar-refractivity contribution is -0.154. The Morgan fingerprint density at radius 2 is 2.09 bits per heavy atom. The predicted octanol–water partition coefficient (Wildman–Crippen LogP) is 3.78. The number of benzene rings is 1. The first-order valence-corrected chi connectivity index (χ1v) is 8.00. The molecule has 0 N–H and O–H groups in total. The van der Waals surface area contributed by atoms with E-state index in [4.69, 9.17) is 4.74 Å². The fourth-order valence-corrected chi connectivity index (χ4v) is 2.87. The first-order valence-electron chi connectivity index (χ1n) is 8.00. The number of carbonyl (C=O) groups is 1. The van der Waals surface area contributed by atoms with Crippen LogP contribution in [0.15, 0.2) is 29.4 Å². The highest BCUT2D eigenvalue weighted by Crippen LogP contribution is 2.22. The summed E-state index contributed by atoms with van der Waals surface area (Å²) in [5.41, 5.74) is 1.25. The van der Waals surface area contributed by atoms with Gasteiger partial charge < -0.3 is 4.74 Å². The summed E-state index contributed by atoms with van der Waals surface area (Å²) in [6.45, 7) is 5.51. The Balaban J connectivity index is 1.93. The minimum Gasteiger partial charge on any atom is -0.460 e. The Bertz CT molecular complexity index is 501. The molecule has 2 atom stereocenters. The molecule has 0 saturated carbocycles. The molecule has 1 aromatic carbocycles. The Morgan fingerprint density at radius 3 is 2.73 bits per heavy atom. The van der Waals surface area contributed by atoms with Crippen LogP contribution in [-0.4, -0.2) is 29.5 Å². The summed E-state index contributed by atoms with van der Waals surface area (Å²) in [6.07, 6.45) is 4.13. The van der Waals surface area contributed by atoms with E-state index >= 15 is 0 Å². The topological polar surface area (TPSA) is 59.0 Å². The summed E-state index contributed by atoms with van der Waals surface area (Å²) >= 11 is 0. The third-order valence-electron chi connectivity index (χ3n) is 4.40. The van der Waals surface area contributed by atoms with Gasteiger partial charge in [0.15, 0.2) is 0 Å². The van der Waals surface area contributed by atoms with Crippen molar-refractivity contribution in [2.45, 2.75) is 58.2 Å². The second kappa shape index (κ2) is 8.03. The van der Waals surface area contributed by atoms with Crippen molar-refractivity contribution in [2.24, 2.45) is 5.18 Å². The highest BCUT2D eigenvalue weighted by Gasteiger charge is 2.32. The van der Waals surface area contributed by atoms with Crippen LogP contribution in [0.2, 0.25) is 0 Å². The molecule has 1 aromatic rings. The molecular formula is C17H24N2O3. The smallest absolute Gasteiger partial charge is 0.323 e. The SMILES string of the molecule is CCC(C)N1CCCCC1C(=O)OCc1ccc(N=O)cc1. The molecule has 120 valence electrons. The van der Waals surface area contributed by atoms with E-state index in [1.807, 2.05) is 0 Å². The molecule has 0 aromatic heterocycles. The summed E-state index contributed by atoms with van der Waals surface area (Å²) in [4.78, 5) is 25.0. The summed E-state index contributed by atoms with van der Waals surface area (Å²) in [5.74, 6) is -0.141. The van der Waals surface area contributed by atoms with Crippen LogP contribution >= 0.6 is 0 Å². The lowest BCUT2D eigenvalue weighted by atomic mass is 9.99. The van der Waals surface area contributed by atoms with Gasteiger partial charge in [0.2, 0.25) is 0 Å². The quantitative estimate of drug-likeness (QED) is 0.593. The lowest BCUT2D eigenvalue weighted by Gasteiger charge is -2.38. The summed E-state index contributed by atoms with van der Waals surface area (Å²) in [6, 6.07) is 7.05. The molecule has 22 heavy (non-hydrogen) atoms. The van der Waals surface area contributed by atoms with Crippen LogP contribution in [0.3, 0.4) is 0 Å². The van der Waals surface area contributed by atoms with E-state index in [-0.39, 0.29) is 18.6 Å². The second-order valence-corrected chi connectivity index (χ2v) is 5.87. The highest BCUT2D eigenvalue weighted by molar-refractivity contribution is 5.76. The van der Waals surface area contributed by atoms with Gasteiger partial charge in [0.25, 0.3) is 0 Å². The minimum absolute atomic E-state index is 0.125. The van der Waals surface area contributed by atoms with Crippen LogP contribution in [0.5, 0.6) is 0 Å². The number of nitroso groups, excluding NO2 is 1. The Morgan fingerprint density at radius 1 is 1.36 bits per heavy atom. The van der Waals surface area contributed by atoms with Gasteiger partial charge >= 0.3 is 5.97 Å². The number of hydrogen-bond acceptors (Lipinski definition) is 5. The molecule has 5 heteroatoms. The summed E-state index contributed by atoms with van der Waals surface area (Å²) < 4.78 is 5.48. The van der Waals surface area contributed by atoms with Gasteiger partial charge in [-0.05, 0) is 55.6 Å². The molecule has 0 aliphatic carbocycles. The second-order valence-electron chi connectivity index (χ2n) is 5.87. The molecule has 0 spiro atoms. The summed E-state index contributed by atoms with van der Waals surface area (Å²) in [5, 5.41) is 2.85. The molecule has 0 bridgehead atoms. The van der Waals surface area contributed by atoms with Gasteiger partial charge in [-0.15, -0.1) is 4.91 Å². The maximum absolute atomic E-state index is 12.4. The Hall–Kier alpha value is -1.75. The van der Waals surface area contributed by atoms with Crippen LogP contribution in [-0.2, 0) is 16.1 Å². The first-order chi connectivity index (χ1) is 10.7. The van der Waals surface area contributed by atoms with E-state index in [1.165, 1.54) is 0 Å². The number of esters is 1. The van der Waals surface area contributed by atoms with Crippen molar-refractivity contribution in [2.75, 3.05) is 6.54 Å². The average Bonchev–Trinajstić information content (AvgIpc) is 2.59. The Kier molecular flexibility index (Phi) is 6.07. The van der Waals surface area contributed by atoms with Crippen LogP contribution in [0.1, 0.15) is 45.1 Å². The molecule has 0 amide bonds. The van der Waals surface area contributed by atoms with Gasteiger partial charge in [0, 0.05) is 6.04 Å². The largest absolute Gasteiger partial charge is 0.460 e. The van der Waals surface area contributed by atoms with Crippen molar-refractivity contribution >= 4 is 11.7 Å². The fourth-order valence-electron chi connectivity index (χ4n) is 2.87. The molecular weight excluding hydrogens is 280 g/mol. The van der Waals surface area contributed by atoms with Crippen LogP contribution < -0.4 is 0 Å². The zero-order valence-corrected chi connectivity index (χ0v) is 13.3. The maximum atomic E-state index is 12.4. The lowest BCUT2D eigenvalue weighted by Crippen LogP contribution is -2.49. The fraction of sp³-hybridized carbons (Fsp3) is 0.588. The van der Waals surface area contributed by atoms with Gasteiger partial charge in [-0.25, -0.2) is 0 Å². The zero-order chi connectivity index (χ0) is 15.9. The Labute approximate surface area is 131 Å². The third-order valence-corrected chi connectivity index (χ3v) is 4.40. The van der Waals surface area contributed by atoms with E-state index in [0.29, 0.717) is 11.7 Å². The molecule has 1 saturated heterocycles. The molecule has 2 unspecified atom stereocenters.